The molecule has 1 fully saturated rings. The zero-order chi connectivity index (χ0) is 16.1. The number of likely N-dealkylation sites (tertiary alicyclic amines) is 1. The Kier molecular flexibility index (Phi) is 5.26. The second-order valence-corrected chi connectivity index (χ2v) is 4.70. The highest BCUT2D eigenvalue weighted by atomic mass is 19.3. The predicted molar refractivity (Wildman–Crippen MR) is 72.3 cm³/mol. The van der Waals surface area contributed by atoms with Crippen LogP contribution in [0.15, 0.2) is 24.3 Å². The number of nitrogens with zero attached hydrogens (tertiary/aromatic N) is 1. The van der Waals surface area contributed by atoms with E-state index in [1.807, 2.05) is 0 Å². The number of carbonyl (C=O) groups excluding carboxylic acids is 2. The molecule has 1 heterocycles. The quantitative estimate of drug-likeness (QED) is 0.838. The van der Waals surface area contributed by atoms with E-state index >= 15 is 0 Å². The van der Waals surface area contributed by atoms with Crippen LogP contribution in [0, 0.1) is 0 Å². The molecule has 1 aliphatic heterocycles. The highest BCUT2D eigenvalue weighted by Crippen LogP contribution is 2.26. The van der Waals surface area contributed by atoms with E-state index in [1.54, 1.807) is 6.07 Å². The molecule has 0 bridgehead atoms. The SMILES string of the molecule is CONC(=O)[C@@H]1CCCN1C(=O)c1ccccc1OC(F)F. The molecule has 6 nitrogen and oxygen atoms in total. The Bertz CT molecular complexity index is 553. The number of hydrogen-bond donors (Lipinski definition) is 1. The average molecular weight is 314 g/mol. The van der Waals surface area contributed by atoms with Gasteiger partial charge in [-0.05, 0) is 25.0 Å². The summed E-state index contributed by atoms with van der Waals surface area (Å²) in [5, 5.41) is 0. The van der Waals surface area contributed by atoms with E-state index in [9.17, 15) is 18.4 Å². The van der Waals surface area contributed by atoms with Crippen molar-refractivity contribution in [3.63, 3.8) is 0 Å². The number of nitrogens with one attached hydrogen (secondary N) is 1. The van der Waals surface area contributed by atoms with Crippen LogP contribution < -0.4 is 10.2 Å². The molecular formula is C14H16F2N2O4. The summed E-state index contributed by atoms with van der Waals surface area (Å²) in [5.41, 5.74) is 2.19. The van der Waals surface area contributed by atoms with Gasteiger partial charge >= 0.3 is 6.61 Å². The van der Waals surface area contributed by atoms with Crippen LogP contribution in [0.1, 0.15) is 23.2 Å². The van der Waals surface area contributed by atoms with E-state index in [0.29, 0.717) is 19.4 Å². The number of amides is 2. The van der Waals surface area contributed by atoms with Crippen molar-refractivity contribution in [1.82, 2.24) is 10.4 Å². The van der Waals surface area contributed by atoms with E-state index in [1.165, 1.54) is 30.2 Å². The maximum Gasteiger partial charge on any atom is 0.387 e. The van der Waals surface area contributed by atoms with Gasteiger partial charge in [0.2, 0.25) is 0 Å². The molecule has 0 aromatic heterocycles. The second kappa shape index (κ2) is 7.17. The number of hydroxylamine groups is 1. The normalized spacial score (nSPS) is 17.6. The molecule has 1 N–H and O–H groups in total. The van der Waals surface area contributed by atoms with Gasteiger partial charge in [-0.3, -0.25) is 14.4 Å². The van der Waals surface area contributed by atoms with Gasteiger partial charge < -0.3 is 9.64 Å². The fourth-order valence-electron chi connectivity index (χ4n) is 2.45. The van der Waals surface area contributed by atoms with E-state index in [0.717, 1.165) is 0 Å². The zero-order valence-electron chi connectivity index (χ0n) is 11.9. The highest BCUT2D eigenvalue weighted by molar-refractivity contribution is 5.99. The number of halogens is 2. The van der Waals surface area contributed by atoms with Crippen molar-refractivity contribution in [2.75, 3.05) is 13.7 Å². The second-order valence-electron chi connectivity index (χ2n) is 4.70. The van der Waals surface area contributed by atoms with Gasteiger partial charge in [0.1, 0.15) is 11.8 Å². The summed E-state index contributed by atoms with van der Waals surface area (Å²) in [6.07, 6.45) is 1.13. The Labute approximate surface area is 125 Å². The third kappa shape index (κ3) is 3.51. The highest BCUT2D eigenvalue weighted by Gasteiger charge is 2.35. The lowest BCUT2D eigenvalue weighted by atomic mass is 10.1. The molecule has 0 spiro atoms. The van der Waals surface area contributed by atoms with Gasteiger partial charge in [-0.15, -0.1) is 0 Å². The van der Waals surface area contributed by atoms with Gasteiger partial charge in [-0.1, -0.05) is 12.1 Å². The number of benzene rings is 1. The zero-order valence-corrected chi connectivity index (χ0v) is 11.9. The number of hydrogen-bond acceptors (Lipinski definition) is 4. The van der Waals surface area contributed by atoms with Gasteiger partial charge in [-0.2, -0.15) is 8.78 Å². The smallest absolute Gasteiger partial charge is 0.387 e. The van der Waals surface area contributed by atoms with Crippen LogP contribution in [0.2, 0.25) is 0 Å². The molecular weight excluding hydrogens is 298 g/mol. The van der Waals surface area contributed by atoms with Crippen molar-refractivity contribution in [2.45, 2.75) is 25.5 Å². The van der Waals surface area contributed by atoms with Crippen LogP contribution in [0.5, 0.6) is 5.75 Å². The Morgan fingerprint density at radius 2 is 2.09 bits per heavy atom. The van der Waals surface area contributed by atoms with Crippen molar-refractivity contribution < 1.29 is 27.9 Å². The summed E-state index contributed by atoms with van der Waals surface area (Å²) in [6, 6.07) is 5.04. The maximum absolute atomic E-state index is 12.5. The van der Waals surface area contributed by atoms with Crippen LogP contribution in [-0.4, -0.2) is 43.0 Å². The molecule has 1 atom stereocenters. The first-order valence-corrected chi connectivity index (χ1v) is 6.72. The largest absolute Gasteiger partial charge is 0.434 e. The molecule has 0 saturated carbocycles. The lowest BCUT2D eigenvalue weighted by Crippen LogP contribution is -2.45. The topological polar surface area (TPSA) is 67.9 Å². The van der Waals surface area contributed by atoms with Crippen LogP contribution in [0.3, 0.4) is 0 Å². The molecule has 0 radical (unpaired) electrons. The standard InChI is InChI=1S/C14H16F2N2O4/c1-21-17-12(19)10-6-4-8-18(10)13(20)9-5-2-3-7-11(9)22-14(15)16/h2-3,5,7,10,14H,4,6,8H2,1H3,(H,17,19)/t10-/m0/s1. The Hall–Kier alpha value is -2.22. The number of alkyl halides is 2. The van der Waals surface area contributed by atoms with Crippen molar-refractivity contribution in [1.29, 1.82) is 0 Å². The first-order chi connectivity index (χ1) is 10.5. The molecule has 0 unspecified atom stereocenters. The Morgan fingerprint density at radius 1 is 1.36 bits per heavy atom. The monoisotopic (exact) mass is 314 g/mol. The summed E-state index contributed by atoms with van der Waals surface area (Å²) in [7, 11) is 1.30. The molecule has 120 valence electrons. The first-order valence-electron chi connectivity index (χ1n) is 6.72. The fourth-order valence-corrected chi connectivity index (χ4v) is 2.45. The predicted octanol–water partition coefficient (Wildman–Crippen LogP) is 1.57. The minimum absolute atomic E-state index is 0.0000770. The van der Waals surface area contributed by atoms with Gasteiger partial charge in [0, 0.05) is 6.54 Å². The van der Waals surface area contributed by atoms with Gasteiger partial charge in [0.05, 0.1) is 12.7 Å². The van der Waals surface area contributed by atoms with Crippen molar-refractivity contribution >= 4 is 11.8 Å². The van der Waals surface area contributed by atoms with Crippen molar-refractivity contribution in [3.05, 3.63) is 29.8 Å². The molecule has 8 heteroatoms. The molecule has 2 amide bonds. The summed E-state index contributed by atoms with van der Waals surface area (Å²) in [5.74, 6) is -1.18. The molecule has 1 aromatic rings. The Morgan fingerprint density at radius 3 is 2.77 bits per heavy atom. The number of rotatable bonds is 5. The average Bonchev–Trinajstić information content (AvgIpc) is 2.96. The molecule has 1 aliphatic rings. The van der Waals surface area contributed by atoms with Crippen LogP contribution in [0.25, 0.3) is 0 Å². The minimum atomic E-state index is -3.03. The lowest BCUT2D eigenvalue weighted by Gasteiger charge is -2.24. The van der Waals surface area contributed by atoms with Crippen LogP contribution >= 0.6 is 0 Å². The number of ether oxygens (including phenoxy) is 1. The fraction of sp³-hybridized carbons (Fsp3) is 0.429. The van der Waals surface area contributed by atoms with E-state index in [-0.39, 0.29) is 11.3 Å². The van der Waals surface area contributed by atoms with Crippen molar-refractivity contribution in [2.24, 2.45) is 0 Å². The molecule has 1 aromatic carbocycles. The minimum Gasteiger partial charge on any atom is -0.434 e. The molecule has 2 rings (SSSR count). The van der Waals surface area contributed by atoms with Crippen LogP contribution in [0.4, 0.5) is 8.78 Å². The third-order valence-electron chi connectivity index (χ3n) is 3.35. The van der Waals surface area contributed by atoms with E-state index < -0.39 is 24.5 Å². The summed E-state index contributed by atoms with van der Waals surface area (Å²) >= 11 is 0. The van der Waals surface area contributed by atoms with E-state index in [4.69, 9.17) is 0 Å². The lowest BCUT2D eigenvalue weighted by molar-refractivity contribution is -0.135. The molecule has 0 aliphatic carbocycles. The number of para-hydroxylation sites is 1. The summed E-state index contributed by atoms with van der Waals surface area (Å²) in [4.78, 5) is 30.3. The summed E-state index contributed by atoms with van der Waals surface area (Å²) < 4.78 is 29.2. The van der Waals surface area contributed by atoms with E-state index in [2.05, 4.69) is 15.1 Å². The Balaban J connectivity index is 2.22. The first kappa shape index (κ1) is 16.2. The van der Waals surface area contributed by atoms with Gasteiger partial charge in [0.15, 0.2) is 0 Å². The van der Waals surface area contributed by atoms with Crippen molar-refractivity contribution in [3.8, 4) is 5.75 Å². The van der Waals surface area contributed by atoms with Gasteiger partial charge in [0.25, 0.3) is 11.8 Å². The molecule has 1 saturated heterocycles. The van der Waals surface area contributed by atoms with Gasteiger partial charge in [-0.25, -0.2) is 5.48 Å². The number of carbonyl (C=O) groups is 2. The maximum atomic E-state index is 12.5. The third-order valence-corrected chi connectivity index (χ3v) is 3.35. The summed E-state index contributed by atoms with van der Waals surface area (Å²) in [6.45, 7) is -2.66. The molecule has 22 heavy (non-hydrogen) atoms. The van der Waals surface area contributed by atoms with Crippen LogP contribution in [-0.2, 0) is 9.63 Å².